The molecule has 0 N–H and O–H groups in total. The van der Waals surface area contributed by atoms with Gasteiger partial charge in [0.15, 0.2) is 11.5 Å². The predicted octanol–water partition coefficient (Wildman–Crippen LogP) is 2.32. The molecule has 1 amide bonds. The number of piperazine rings is 1. The molecule has 3 fully saturated rings. The van der Waals surface area contributed by atoms with E-state index in [1.807, 2.05) is 6.07 Å². The highest BCUT2D eigenvalue weighted by Crippen LogP contribution is 2.46. The summed E-state index contributed by atoms with van der Waals surface area (Å²) in [4.78, 5) is 20.0. The Morgan fingerprint density at radius 2 is 1.89 bits per heavy atom. The van der Waals surface area contributed by atoms with Crippen molar-refractivity contribution in [2.24, 2.45) is 5.41 Å². The van der Waals surface area contributed by atoms with E-state index in [0.29, 0.717) is 18.7 Å². The van der Waals surface area contributed by atoms with Crippen LogP contribution in [0.2, 0.25) is 0 Å². The van der Waals surface area contributed by atoms with Crippen LogP contribution in [0, 0.1) is 5.41 Å². The summed E-state index contributed by atoms with van der Waals surface area (Å²) in [5.74, 6) is 2.12. The zero-order valence-electron chi connectivity index (χ0n) is 16.9. The SMILES string of the molecule is CC1(C(=O)N2CCC[C@H](N3CCN(Cc4ccc5c(c4)OCO5)CC3)C2)CC1. The van der Waals surface area contributed by atoms with Gasteiger partial charge in [-0.15, -0.1) is 0 Å². The van der Waals surface area contributed by atoms with Gasteiger partial charge in [-0.1, -0.05) is 13.0 Å². The van der Waals surface area contributed by atoms with Crippen molar-refractivity contribution in [2.45, 2.75) is 45.2 Å². The maximum atomic E-state index is 12.7. The summed E-state index contributed by atoms with van der Waals surface area (Å²) in [5.41, 5.74) is 1.25. The molecule has 0 radical (unpaired) electrons. The molecule has 0 aromatic heterocycles. The minimum atomic E-state index is -0.0365. The number of hydrogen-bond acceptors (Lipinski definition) is 5. The molecule has 1 saturated carbocycles. The average molecular weight is 386 g/mol. The van der Waals surface area contributed by atoms with Crippen LogP contribution in [0.15, 0.2) is 18.2 Å². The average Bonchev–Trinajstić information content (AvgIpc) is 3.31. The van der Waals surface area contributed by atoms with Crippen LogP contribution < -0.4 is 9.47 Å². The van der Waals surface area contributed by atoms with Crippen LogP contribution >= 0.6 is 0 Å². The van der Waals surface area contributed by atoms with Gasteiger partial charge in [0.05, 0.1) is 0 Å². The molecule has 0 unspecified atom stereocenters. The molecule has 1 atom stereocenters. The van der Waals surface area contributed by atoms with Crippen LogP contribution in [0.1, 0.15) is 38.2 Å². The molecule has 0 spiro atoms. The topological polar surface area (TPSA) is 45.3 Å². The molecule has 4 aliphatic rings. The number of ether oxygens (including phenoxy) is 2. The van der Waals surface area contributed by atoms with Crippen molar-refractivity contribution >= 4 is 5.91 Å². The molecule has 3 heterocycles. The van der Waals surface area contributed by atoms with E-state index in [-0.39, 0.29) is 5.41 Å². The molecule has 1 aliphatic carbocycles. The van der Waals surface area contributed by atoms with Gasteiger partial charge in [0.25, 0.3) is 0 Å². The van der Waals surface area contributed by atoms with Crippen LogP contribution in [0.4, 0.5) is 0 Å². The lowest BCUT2D eigenvalue weighted by atomic mass is 10.00. The van der Waals surface area contributed by atoms with E-state index in [2.05, 4.69) is 33.8 Å². The first kappa shape index (κ1) is 18.3. The Morgan fingerprint density at radius 1 is 1.11 bits per heavy atom. The number of piperidine rings is 1. The second-order valence-corrected chi connectivity index (χ2v) is 9.11. The van der Waals surface area contributed by atoms with Crippen molar-refractivity contribution in [1.82, 2.24) is 14.7 Å². The number of benzene rings is 1. The molecule has 6 heteroatoms. The lowest BCUT2D eigenvalue weighted by Crippen LogP contribution is -2.56. The van der Waals surface area contributed by atoms with Crippen LogP contribution in [0.5, 0.6) is 11.5 Å². The van der Waals surface area contributed by atoms with Gasteiger partial charge in [0.1, 0.15) is 0 Å². The van der Waals surface area contributed by atoms with E-state index in [4.69, 9.17) is 9.47 Å². The summed E-state index contributed by atoms with van der Waals surface area (Å²) in [6.07, 6.45) is 4.52. The molecule has 1 aromatic carbocycles. The second-order valence-electron chi connectivity index (χ2n) is 9.11. The lowest BCUT2D eigenvalue weighted by Gasteiger charge is -2.44. The van der Waals surface area contributed by atoms with E-state index >= 15 is 0 Å². The summed E-state index contributed by atoms with van der Waals surface area (Å²) >= 11 is 0. The maximum absolute atomic E-state index is 12.7. The third kappa shape index (κ3) is 3.60. The van der Waals surface area contributed by atoms with Gasteiger partial charge >= 0.3 is 0 Å². The number of rotatable bonds is 4. The van der Waals surface area contributed by atoms with Crippen molar-refractivity contribution < 1.29 is 14.3 Å². The zero-order chi connectivity index (χ0) is 19.1. The third-order valence-corrected chi connectivity index (χ3v) is 6.97. The molecule has 28 heavy (non-hydrogen) atoms. The summed E-state index contributed by atoms with van der Waals surface area (Å²) in [5, 5.41) is 0. The molecule has 1 aromatic rings. The van der Waals surface area contributed by atoms with Gasteiger partial charge in [0, 0.05) is 57.3 Å². The standard InChI is InChI=1S/C22H31N3O3/c1-22(6-7-22)21(26)25-8-2-3-18(15-25)24-11-9-23(10-12-24)14-17-4-5-19-20(13-17)28-16-27-19/h4-5,13,18H,2-3,6-12,14-16H2,1H3/t18-/m0/s1. The maximum Gasteiger partial charge on any atom is 0.231 e. The first-order valence-electron chi connectivity index (χ1n) is 10.8. The van der Waals surface area contributed by atoms with Gasteiger partial charge in [0.2, 0.25) is 12.7 Å². The number of fused-ring (bicyclic) bond motifs is 1. The molecular weight excluding hydrogens is 354 g/mol. The fourth-order valence-electron chi connectivity index (χ4n) is 4.80. The summed E-state index contributed by atoms with van der Waals surface area (Å²) < 4.78 is 10.9. The van der Waals surface area contributed by atoms with Crippen molar-refractivity contribution in [3.63, 3.8) is 0 Å². The highest BCUT2D eigenvalue weighted by atomic mass is 16.7. The quantitative estimate of drug-likeness (QED) is 0.796. The van der Waals surface area contributed by atoms with Crippen LogP contribution in [-0.4, -0.2) is 72.7 Å². The Hall–Kier alpha value is -1.79. The van der Waals surface area contributed by atoms with Crippen LogP contribution in [0.3, 0.4) is 0 Å². The molecule has 2 saturated heterocycles. The smallest absolute Gasteiger partial charge is 0.231 e. The van der Waals surface area contributed by atoms with Crippen LogP contribution in [-0.2, 0) is 11.3 Å². The highest BCUT2D eigenvalue weighted by Gasteiger charge is 2.48. The van der Waals surface area contributed by atoms with Crippen molar-refractivity contribution in [1.29, 1.82) is 0 Å². The van der Waals surface area contributed by atoms with Gasteiger partial charge in [-0.05, 0) is 43.4 Å². The van der Waals surface area contributed by atoms with E-state index in [0.717, 1.165) is 76.6 Å². The molecule has 6 nitrogen and oxygen atoms in total. The van der Waals surface area contributed by atoms with Crippen molar-refractivity contribution in [3.8, 4) is 11.5 Å². The highest BCUT2D eigenvalue weighted by molar-refractivity contribution is 5.85. The van der Waals surface area contributed by atoms with Gasteiger partial charge in [-0.25, -0.2) is 0 Å². The molecule has 152 valence electrons. The molecule has 3 aliphatic heterocycles. The van der Waals surface area contributed by atoms with Gasteiger partial charge < -0.3 is 14.4 Å². The number of carbonyl (C=O) groups is 1. The van der Waals surface area contributed by atoms with Crippen molar-refractivity contribution in [3.05, 3.63) is 23.8 Å². The Balaban J connectivity index is 1.13. The Bertz CT molecular complexity index is 741. The minimum Gasteiger partial charge on any atom is -0.454 e. The third-order valence-electron chi connectivity index (χ3n) is 6.97. The van der Waals surface area contributed by atoms with Gasteiger partial charge in [-0.3, -0.25) is 14.6 Å². The number of likely N-dealkylation sites (tertiary alicyclic amines) is 1. The number of carbonyl (C=O) groups excluding carboxylic acids is 1. The predicted molar refractivity (Wildman–Crippen MR) is 106 cm³/mol. The normalized spacial score (nSPS) is 27.0. The fraction of sp³-hybridized carbons (Fsp3) is 0.682. The van der Waals surface area contributed by atoms with Gasteiger partial charge in [-0.2, -0.15) is 0 Å². The monoisotopic (exact) mass is 385 g/mol. The zero-order valence-corrected chi connectivity index (χ0v) is 16.9. The molecule has 0 bridgehead atoms. The number of amides is 1. The Kier molecular flexibility index (Phi) is 4.71. The summed E-state index contributed by atoms with van der Waals surface area (Å²) in [6.45, 7) is 9.64. The van der Waals surface area contributed by atoms with E-state index in [1.165, 1.54) is 12.0 Å². The van der Waals surface area contributed by atoms with E-state index in [1.54, 1.807) is 0 Å². The lowest BCUT2D eigenvalue weighted by molar-refractivity contribution is -0.138. The first-order chi connectivity index (χ1) is 13.6. The largest absolute Gasteiger partial charge is 0.454 e. The number of nitrogens with zero attached hydrogens (tertiary/aromatic N) is 3. The van der Waals surface area contributed by atoms with Crippen molar-refractivity contribution in [2.75, 3.05) is 46.1 Å². The first-order valence-corrected chi connectivity index (χ1v) is 10.8. The van der Waals surface area contributed by atoms with Crippen LogP contribution in [0.25, 0.3) is 0 Å². The molecule has 5 rings (SSSR count). The molecular formula is C22H31N3O3. The Labute approximate surface area is 167 Å². The Morgan fingerprint density at radius 3 is 2.68 bits per heavy atom. The summed E-state index contributed by atoms with van der Waals surface area (Å²) in [7, 11) is 0. The fourth-order valence-corrected chi connectivity index (χ4v) is 4.80. The van der Waals surface area contributed by atoms with E-state index in [9.17, 15) is 4.79 Å². The minimum absolute atomic E-state index is 0.0365. The number of hydrogen-bond donors (Lipinski definition) is 0. The van der Waals surface area contributed by atoms with E-state index < -0.39 is 0 Å². The second kappa shape index (κ2) is 7.23. The summed E-state index contributed by atoms with van der Waals surface area (Å²) in [6, 6.07) is 6.80.